The van der Waals surface area contributed by atoms with Gasteiger partial charge in [-0.1, -0.05) is 30.3 Å². The van der Waals surface area contributed by atoms with Crippen LogP contribution < -0.4 is 10.1 Å². The Morgan fingerprint density at radius 2 is 1.91 bits per heavy atom. The van der Waals surface area contributed by atoms with Crippen molar-refractivity contribution in [1.29, 1.82) is 0 Å². The van der Waals surface area contributed by atoms with Crippen LogP contribution in [-0.4, -0.2) is 41.6 Å². The molecule has 7 heteroatoms. The molecule has 1 aromatic heterocycles. The van der Waals surface area contributed by atoms with E-state index in [1.54, 1.807) is 18.9 Å². The number of para-hydroxylation sites is 1. The summed E-state index contributed by atoms with van der Waals surface area (Å²) in [6.45, 7) is 3.54. The number of nitrogens with zero attached hydrogens (tertiary/aromatic N) is 2. The summed E-state index contributed by atoms with van der Waals surface area (Å²) in [4.78, 5) is 33.3. The molecular weight excluding hydrogens is 446 g/mol. The molecule has 4 rings (SSSR count). The Labute approximate surface area is 204 Å². The first-order chi connectivity index (χ1) is 16.5. The molecule has 2 aromatic carbocycles. The summed E-state index contributed by atoms with van der Waals surface area (Å²) in [6, 6.07) is 15.2. The van der Waals surface area contributed by atoms with Crippen LogP contribution in [0.2, 0.25) is 0 Å². The zero-order valence-electron chi connectivity index (χ0n) is 19.8. The monoisotopic (exact) mass is 475 g/mol. The number of aromatic nitrogens is 1. The molecule has 1 aliphatic heterocycles. The number of amides is 2. The van der Waals surface area contributed by atoms with Crippen LogP contribution in [0.25, 0.3) is 0 Å². The number of hydrogen-bond acceptors (Lipinski definition) is 5. The van der Waals surface area contributed by atoms with Crippen molar-refractivity contribution in [3.8, 4) is 5.75 Å². The molecule has 6 nitrogen and oxygen atoms in total. The third-order valence-corrected chi connectivity index (χ3v) is 7.06. The van der Waals surface area contributed by atoms with Gasteiger partial charge in [0.2, 0.25) is 5.91 Å². The predicted molar refractivity (Wildman–Crippen MR) is 134 cm³/mol. The molecule has 0 saturated heterocycles. The van der Waals surface area contributed by atoms with Gasteiger partial charge in [-0.25, -0.2) is 0 Å². The van der Waals surface area contributed by atoms with E-state index in [0.29, 0.717) is 31.6 Å². The van der Waals surface area contributed by atoms with Gasteiger partial charge >= 0.3 is 0 Å². The number of hydrogen-bond donors (Lipinski definition) is 1. The van der Waals surface area contributed by atoms with Crippen molar-refractivity contribution in [3.05, 3.63) is 88.2 Å². The van der Waals surface area contributed by atoms with E-state index in [1.807, 2.05) is 72.8 Å². The lowest BCUT2D eigenvalue weighted by molar-refractivity contribution is -0.131. The van der Waals surface area contributed by atoms with Gasteiger partial charge < -0.3 is 15.0 Å². The molecule has 0 aliphatic carbocycles. The van der Waals surface area contributed by atoms with E-state index >= 15 is 0 Å². The van der Waals surface area contributed by atoms with Crippen molar-refractivity contribution in [2.75, 3.05) is 19.9 Å². The SMILES string of the molecule is COc1ccccc1CC(=O)N1CCc2c(cnc(C)c2CNC(=O)c2ccccc2SC)C1. The fourth-order valence-corrected chi connectivity index (χ4v) is 4.98. The van der Waals surface area contributed by atoms with Gasteiger partial charge in [0.1, 0.15) is 5.75 Å². The average Bonchev–Trinajstić information content (AvgIpc) is 2.87. The lowest BCUT2D eigenvalue weighted by Gasteiger charge is -2.31. The second-order valence-corrected chi connectivity index (χ2v) is 9.11. The summed E-state index contributed by atoms with van der Waals surface area (Å²) < 4.78 is 5.39. The highest BCUT2D eigenvalue weighted by molar-refractivity contribution is 7.98. The first-order valence-electron chi connectivity index (χ1n) is 11.3. The normalized spacial score (nSPS) is 12.7. The van der Waals surface area contributed by atoms with E-state index in [0.717, 1.165) is 39.5 Å². The quantitative estimate of drug-likeness (QED) is 0.519. The number of methoxy groups -OCH3 is 1. The van der Waals surface area contributed by atoms with E-state index in [9.17, 15) is 9.59 Å². The number of pyridine rings is 1. The van der Waals surface area contributed by atoms with Gasteiger partial charge in [-0.15, -0.1) is 11.8 Å². The van der Waals surface area contributed by atoms with Crippen molar-refractivity contribution in [1.82, 2.24) is 15.2 Å². The first kappa shape index (κ1) is 23.8. The molecule has 0 atom stereocenters. The van der Waals surface area contributed by atoms with Crippen LogP contribution in [0.4, 0.5) is 0 Å². The number of aryl methyl sites for hydroxylation is 1. The van der Waals surface area contributed by atoms with E-state index in [-0.39, 0.29) is 11.8 Å². The molecule has 3 aromatic rings. The molecule has 2 amide bonds. The molecule has 0 bridgehead atoms. The topological polar surface area (TPSA) is 71.5 Å². The third-order valence-electron chi connectivity index (χ3n) is 6.26. The summed E-state index contributed by atoms with van der Waals surface area (Å²) >= 11 is 1.56. The van der Waals surface area contributed by atoms with Crippen molar-refractivity contribution >= 4 is 23.6 Å². The van der Waals surface area contributed by atoms with Crippen LogP contribution >= 0.6 is 11.8 Å². The highest BCUT2D eigenvalue weighted by atomic mass is 32.2. The molecule has 1 N–H and O–H groups in total. The maximum atomic E-state index is 13.0. The summed E-state index contributed by atoms with van der Waals surface area (Å²) in [5.41, 5.74) is 5.75. The lowest BCUT2D eigenvalue weighted by Crippen LogP contribution is -2.38. The van der Waals surface area contributed by atoms with Crippen LogP contribution in [0.5, 0.6) is 5.75 Å². The Balaban J connectivity index is 1.47. The zero-order chi connectivity index (χ0) is 24.1. The van der Waals surface area contributed by atoms with Crippen molar-refractivity contribution in [2.24, 2.45) is 0 Å². The second kappa shape index (κ2) is 10.7. The Bertz CT molecular complexity index is 1210. The van der Waals surface area contributed by atoms with Crippen LogP contribution in [-0.2, 0) is 30.7 Å². The van der Waals surface area contributed by atoms with Gasteiger partial charge in [-0.2, -0.15) is 0 Å². The van der Waals surface area contributed by atoms with E-state index < -0.39 is 0 Å². The van der Waals surface area contributed by atoms with Crippen molar-refractivity contribution < 1.29 is 14.3 Å². The molecule has 1 aliphatic rings. The van der Waals surface area contributed by atoms with Crippen molar-refractivity contribution in [3.63, 3.8) is 0 Å². The highest BCUT2D eigenvalue weighted by Gasteiger charge is 2.25. The molecule has 34 heavy (non-hydrogen) atoms. The molecule has 0 unspecified atom stereocenters. The van der Waals surface area contributed by atoms with E-state index in [1.165, 1.54) is 5.56 Å². The number of carbonyl (C=O) groups is 2. The average molecular weight is 476 g/mol. The van der Waals surface area contributed by atoms with Gasteiger partial charge in [0, 0.05) is 42.0 Å². The van der Waals surface area contributed by atoms with Crippen molar-refractivity contribution in [2.45, 2.75) is 37.8 Å². The number of thioether (sulfide) groups is 1. The number of nitrogens with one attached hydrogen (secondary N) is 1. The number of rotatable bonds is 7. The fraction of sp³-hybridized carbons (Fsp3) is 0.296. The first-order valence-corrected chi connectivity index (χ1v) is 12.5. The molecule has 0 fully saturated rings. The Kier molecular flexibility index (Phi) is 7.53. The molecule has 176 valence electrons. The Morgan fingerprint density at radius 3 is 2.71 bits per heavy atom. The minimum Gasteiger partial charge on any atom is -0.496 e. The Morgan fingerprint density at radius 1 is 1.15 bits per heavy atom. The van der Waals surface area contributed by atoms with Crippen LogP contribution in [0, 0.1) is 6.92 Å². The summed E-state index contributed by atoms with van der Waals surface area (Å²) in [5.74, 6) is 0.706. The van der Waals surface area contributed by atoms with Gasteiger partial charge in [0.05, 0.1) is 19.1 Å². The van der Waals surface area contributed by atoms with Gasteiger partial charge in [-0.05, 0) is 54.5 Å². The molecule has 0 radical (unpaired) electrons. The highest BCUT2D eigenvalue weighted by Crippen LogP contribution is 2.26. The number of benzene rings is 2. The maximum absolute atomic E-state index is 13.0. The largest absolute Gasteiger partial charge is 0.496 e. The minimum atomic E-state index is -0.0913. The molecule has 0 saturated carbocycles. The minimum absolute atomic E-state index is 0.0688. The Hall–Kier alpha value is -3.32. The molecule has 2 heterocycles. The van der Waals surface area contributed by atoms with Gasteiger partial charge in [-0.3, -0.25) is 14.6 Å². The summed E-state index contributed by atoms with van der Waals surface area (Å²) in [5, 5.41) is 3.07. The fourth-order valence-electron chi connectivity index (χ4n) is 4.39. The van der Waals surface area contributed by atoms with Gasteiger partial charge in [0.15, 0.2) is 0 Å². The lowest BCUT2D eigenvalue weighted by atomic mass is 9.94. The number of ether oxygens (including phenoxy) is 1. The number of carbonyl (C=O) groups excluding carboxylic acids is 2. The molecule has 0 spiro atoms. The predicted octanol–water partition coefficient (Wildman–Crippen LogP) is 4.18. The zero-order valence-corrected chi connectivity index (χ0v) is 20.6. The summed E-state index contributed by atoms with van der Waals surface area (Å²) in [7, 11) is 1.62. The maximum Gasteiger partial charge on any atom is 0.252 e. The van der Waals surface area contributed by atoms with E-state index in [4.69, 9.17) is 4.74 Å². The molecular formula is C27H29N3O3S. The van der Waals surface area contributed by atoms with Crippen LogP contribution in [0.15, 0.2) is 59.6 Å². The standard InChI is InChI=1S/C27H29N3O3S/c1-18-23(16-29-27(32)22-9-5-7-11-25(22)34-3)21-12-13-30(17-20(21)15-28-18)26(31)14-19-8-4-6-10-24(19)33-2/h4-11,15H,12-14,16-17H2,1-3H3,(H,29,32). The van der Waals surface area contributed by atoms with Crippen LogP contribution in [0.1, 0.15) is 38.3 Å². The number of fused-ring (bicyclic) bond motifs is 1. The summed E-state index contributed by atoms with van der Waals surface area (Å²) in [6.07, 6.45) is 4.87. The smallest absolute Gasteiger partial charge is 0.252 e. The van der Waals surface area contributed by atoms with Gasteiger partial charge in [0.25, 0.3) is 5.91 Å². The third kappa shape index (κ3) is 5.09. The van der Waals surface area contributed by atoms with Crippen LogP contribution in [0.3, 0.4) is 0 Å². The second-order valence-electron chi connectivity index (χ2n) is 8.26. The van der Waals surface area contributed by atoms with E-state index in [2.05, 4.69) is 10.3 Å².